The van der Waals surface area contributed by atoms with Crippen LogP contribution < -0.4 is 0 Å². The topological polar surface area (TPSA) is 52.8 Å². The van der Waals surface area contributed by atoms with E-state index in [1.165, 1.54) is 0 Å². The zero-order valence-corrected chi connectivity index (χ0v) is 7.51. The molecule has 0 saturated heterocycles. The van der Waals surface area contributed by atoms with Gasteiger partial charge in [0.25, 0.3) is 0 Å². The first-order valence-corrected chi connectivity index (χ1v) is 4.15. The van der Waals surface area contributed by atoms with Gasteiger partial charge in [0, 0.05) is 6.21 Å². The van der Waals surface area contributed by atoms with Crippen molar-refractivity contribution in [2.75, 3.05) is 6.54 Å². The van der Waals surface area contributed by atoms with Crippen molar-refractivity contribution in [1.82, 2.24) is 0 Å². The van der Waals surface area contributed by atoms with Crippen LogP contribution >= 0.6 is 0 Å². The van der Waals surface area contributed by atoms with Crippen molar-refractivity contribution >= 4 is 6.21 Å². The second-order valence-electron chi connectivity index (χ2n) is 2.93. The summed E-state index contributed by atoms with van der Waals surface area (Å²) in [6.45, 7) is 2.09. The molecule has 0 bridgehead atoms. The second-order valence-corrected chi connectivity index (χ2v) is 2.93. The molecule has 1 aromatic rings. The molecule has 0 fully saturated rings. The largest absolute Gasteiger partial charge is 0.508 e. The predicted molar refractivity (Wildman–Crippen MR) is 52.2 cm³/mol. The summed E-state index contributed by atoms with van der Waals surface area (Å²) in [5.74, 6) is 0.243. The minimum absolute atomic E-state index is 0.243. The van der Waals surface area contributed by atoms with Gasteiger partial charge in [-0.2, -0.15) is 0 Å². The third kappa shape index (κ3) is 3.71. The predicted octanol–water partition coefficient (Wildman–Crippen LogP) is 1.19. The zero-order valence-electron chi connectivity index (χ0n) is 7.51. The summed E-state index contributed by atoms with van der Waals surface area (Å²) in [5, 5.41) is 17.9. The van der Waals surface area contributed by atoms with E-state index in [9.17, 15) is 0 Å². The molecule has 0 radical (unpaired) electrons. The van der Waals surface area contributed by atoms with E-state index in [-0.39, 0.29) is 5.75 Å². The van der Waals surface area contributed by atoms with E-state index in [2.05, 4.69) is 4.99 Å². The Morgan fingerprint density at radius 3 is 2.54 bits per heavy atom. The number of nitrogens with zero attached hydrogens (tertiary/aromatic N) is 1. The van der Waals surface area contributed by atoms with Crippen LogP contribution in [0.25, 0.3) is 0 Å². The van der Waals surface area contributed by atoms with Crippen molar-refractivity contribution in [3.8, 4) is 5.75 Å². The Morgan fingerprint density at radius 2 is 2.00 bits per heavy atom. The van der Waals surface area contributed by atoms with Crippen molar-refractivity contribution in [3.05, 3.63) is 29.8 Å². The first kappa shape index (κ1) is 9.74. The molecule has 0 aliphatic rings. The van der Waals surface area contributed by atoms with Crippen LogP contribution in [-0.4, -0.2) is 29.1 Å². The van der Waals surface area contributed by atoms with E-state index in [0.717, 1.165) is 5.56 Å². The number of phenols is 1. The Bertz CT molecular complexity index is 277. The third-order valence-corrected chi connectivity index (χ3v) is 1.50. The number of hydrogen-bond donors (Lipinski definition) is 2. The molecule has 3 heteroatoms. The number of hydrogen-bond acceptors (Lipinski definition) is 3. The maximum atomic E-state index is 8.99. The number of aliphatic hydroxyl groups is 1. The van der Waals surface area contributed by atoms with E-state index in [1.807, 2.05) is 0 Å². The maximum Gasteiger partial charge on any atom is 0.115 e. The van der Waals surface area contributed by atoms with Crippen molar-refractivity contribution in [2.45, 2.75) is 13.0 Å². The molecule has 0 amide bonds. The summed E-state index contributed by atoms with van der Waals surface area (Å²) in [6.07, 6.45) is 1.26. The molecule has 70 valence electrons. The van der Waals surface area contributed by atoms with Gasteiger partial charge < -0.3 is 10.2 Å². The standard InChI is InChI=1S/C10H13NO2/c1-8(12)6-11-7-9-2-4-10(13)5-3-9/h2-5,7-8,12-13H,6H2,1H3. The molecule has 1 rings (SSSR count). The fourth-order valence-electron chi connectivity index (χ4n) is 0.871. The maximum absolute atomic E-state index is 8.99. The monoisotopic (exact) mass is 179 g/mol. The van der Waals surface area contributed by atoms with Gasteiger partial charge in [-0.1, -0.05) is 0 Å². The van der Waals surface area contributed by atoms with Crippen molar-refractivity contribution in [1.29, 1.82) is 0 Å². The molecule has 0 saturated carbocycles. The van der Waals surface area contributed by atoms with Gasteiger partial charge in [0.1, 0.15) is 5.75 Å². The lowest BCUT2D eigenvalue weighted by Gasteiger charge is -1.97. The number of aliphatic imine (C=N–C) groups is 1. The van der Waals surface area contributed by atoms with Crippen LogP contribution in [0.4, 0.5) is 0 Å². The number of phenolic OH excluding ortho intramolecular Hbond substituents is 1. The van der Waals surface area contributed by atoms with Crippen LogP contribution in [0.2, 0.25) is 0 Å². The van der Waals surface area contributed by atoms with Gasteiger partial charge in [0.2, 0.25) is 0 Å². The molecule has 0 spiro atoms. The van der Waals surface area contributed by atoms with Gasteiger partial charge in [-0.3, -0.25) is 4.99 Å². The summed E-state index contributed by atoms with van der Waals surface area (Å²) in [4.78, 5) is 4.01. The van der Waals surface area contributed by atoms with Crippen LogP contribution in [0, 0.1) is 0 Å². The average molecular weight is 179 g/mol. The fraction of sp³-hybridized carbons (Fsp3) is 0.300. The van der Waals surface area contributed by atoms with Gasteiger partial charge in [-0.25, -0.2) is 0 Å². The van der Waals surface area contributed by atoms with Crippen molar-refractivity contribution < 1.29 is 10.2 Å². The molecule has 3 nitrogen and oxygen atoms in total. The minimum atomic E-state index is -0.409. The summed E-state index contributed by atoms with van der Waals surface area (Å²) in [5.41, 5.74) is 0.915. The van der Waals surface area contributed by atoms with Crippen molar-refractivity contribution in [2.24, 2.45) is 4.99 Å². The highest BCUT2D eigenvalue weighted by atomic mass is 16.3. The summed E-state index contributed by atoms with van der Waals surface area (Å²) < 4.78 is 0. The van der Waals surface area contributed by atoms with Crippen LogP contribution in [0.3, 0.4) is 0 Å². The summed E-state index contributed by atoms with van der Waals surface area (Å²) >= 11 is 0. The quantitative estimate of drug-likeness (QED) is 0.685. The number of aromatic hydroxyl groups is 1. The molecular formula is C10H13NO2. The van der Waals surface area contributed by atoms with E-state index in [1.54, 1.807) is 37.4 Å². The lowest BCUT2D eigenvalue weighted by molar-refractivity contribution is 0.204. The molecule has 0 aromatic heterocycles. The first-order valence-electron chi connectivity index (χ1n) is 4.15. The van der Waals surface area contributed by atoms with Crippen LogP contribution in [0.1, 0.15) is 12.5 Å². The van der Waals surface area contributed by atoms with E-state index in [0.29, 0.717) is 6.54 Å². The Kier molecular flexibility index (Phi) is 3.46. The highest BCUT2D eigenvalue weighted by Gasteiger charge is 1.91. The van der Waals surface area contributed by atoms with Gasteiger partial charge in [-0.05, 0) is 36.8 Å². The Hall–Kier alpha value is -1.35. The average Bonchev–Trinajstić information content (AvgIpc) is 2.08. The highest BCUT2D eigenvalue weighted by molar-refractivity contribution is 5.79. The Balaban J connectivity index is 2.54. The first-order chi connectivity index (χ1) is 6.18. The molecule has 1 aromatic carbocycles. The van der Waals surface area contributed by atoms with Crippen LogP contribution in [-0.2, 0) is 0 Å². The number of rotatable bonds is 3. The van der Waals surface area contributed by atoms with Crippen LogP contribution in [0.15, 0.2) is 29.3 Å². The lowest BCUT2D eigenvalue weighted by atomic mass is 10.2. The zero-order chi connectivity index (χ0) is 9.68. The van der Waals surface area contributed by atoms with Gasteiger partial charge in [0.15, 0.2) is 0 Å². The smallest absolute Gasteiger partial charge is 0.115 e. The molecule has 13 heavy (non-hydrogen) atoms. The SMILES string of the molecule is CC(O)CN=Cc1ccc(O)cc1. The molecule has 1 unspecified atom stereocenters. The molecule has 1 atom stereocenters. The summed E-state index contributed by atoms with van der Waals surface area (Å²) in [6, 6.07) is 6.73. The second kappa shape index (κ2) is 4.62. The Morgan fingerprint density at radius 1 is 1.38 bits per heavy atom. The molecular weight excluding hydrogens is 166 g/mol. The van der Waals surface area contributed by atoms with Gasteiger partial charge in [0.05, 0.1) is 12.6 Å². The molecule has 2 N–H and O–H groups in total. The molecule has 0 aliphatic carbocycles. The summed E-state index contributed by atoms with van der Waals surface area (Å²) in [7, 11) is 0. The minimum Gasteiger partial charge on any atom is -0.508 e. The van der Waals surface area contributed by atoms with Gasteiger partial charge in [-0.15, -0.1) is 0 Å². The number of aliphatic hydroxyl groups excluding tert-OH is 1. The van der Waals surface area contributed by atoms with Gasteiger partial charge >= 0.3 is 0 Å². The van der Waals surface area contributed by atoms with E-state index >= 15 is 0 Å². The van der Waals surface area contributed by atoms with E-state index in [4.69, 9.17) is 10.2 Å². The normalized spacial score (nSPS) is 13.4. The molecule has 0 heterocycles. The Labute approximate surface area is 77.4 Å². The van der Waals surface area contributed by atoms with Crippen LogP contribution in [0.5, 0.6) is 5.75 Å². The molecule has 0 aliphatic heterocycles. The van der Waals surface area contributed by atoms with Crippen molar-refractivity contribution in [3.63, 3.8) is 0 Å². The fourth-order valence-corrected chi connectivity index (χ4v) is 0.871. The number of benzene rings is 1. The lowest BCUT2D eigenvalue weighted by Crippen LogP contribution is -2.03. The third-order valence-electron chi connectivity index (χ3n) is 1.50. The van der Waals surface area contributed by atoms with E-state index < -0.39 is 6.10 Å². The highest BCUT2D eigenvalue weighted by Crippen LogP contribution is 2.07.